The molecule has 0 spiro atoms. The van der Waals surface area contributed by atoms with Crippen LogP contribution in [0, 0.1) is 23.3 Å². The molecule has 3 nitrogen and oxygen atoms in total. The highest BCUT2D eigenvalue weighted by Crippen LogP contribution is 2.23. The maximum atomic E-state index is 13.1. The van der Waals surface area contributed by atoms with Crippen molar-refractivity contribution in [3.63, 3.8) is 0 Å². The van der Waals surface area contributed by atoms with E-state index in [1.165, 1.54) is 0 Å². The van der Waals surface area contributed by atoms with Crippen LogP contribution in [-0.4, -0.2) is 19.1 Å². The van der Waals surface area contributed by atoms with Gasteiger partial charge < -0.3 is 10.1 Å². The summed E-state index contributed by atoms with van der Waals surface area (Å²) < 4.78 is 56.4. The molecule has 94 valence electrons. The second-order valence-electron chi connectivity index (χ2n) is 3.03. The average molecular weight is 251 g/mol. The molecule has 0 fully saturated rings. The molecule has 0 heterocycles. The molecule has 1 aromatic rings. The Morgan fingerprint density at radius 3 is 2.24 bits per heavy atom. The predicted molar refractivity (Wildman–Crippen MR) is 51.4 cm³/mol. The third-order valence-corrected chi connectivity index (χ3v) is 1.81. The number of ether oxygens (including phenoxy) is 1. The van der Waals surface area contributed by atoms with Crippen LogP contribution in [-0.2, 0) is 9.53 Å². The summed E-state index contributed by atoms with van der Waals surface area (Å²) >= 11 is 0. The van der Waals surface area contributed by atoms with Crippen molar-refractivity contribution in [2.45, 2.75) is 6.92 Å². The second kappa shape index (κ2) is 5.62. The van der Waals surface area contributed by atoms with Gasteiger partial charge in [0.15, 0.2) is 23.3 Å². The number of rotatable bonds is 4. The van der Waals surface area contributed by atoms with E-state index in [0.717, 1.165) is 0 Å². The van der Waals surface area contributed by atoms with Crippen molar-refractivity contribution < 1.29 is 27.1 Å². The third-order valence-electron chi connectivity index (χ3n) is 1.81. The Kier molecular flexibility index (Phi) is 4.45. The van der Waals surface area contributed by atoms with E-state index in [2.05, 4.69) is 4.74 Å². The summed E-state index contributed by atoms with van der Waals surface area (Å²) in [4.78, 5) is 11.1. The summed E-state index contributed by atoms with van der Waals surface area (Å²) in [6.07, 6.45) is 0. The molecule has 1 amide bonds. The van der Waals surface area contributed by atoms with Crippen LogP contribution in [0.15, 0.2) is 6.07 Å². The molecular weight excluding hydrogens is 242 g/mol. The molecule has 0 aliphatic carbocycles. The maximum absolute atomic E-state index is 13.1. The monoisotopic (exact) mass is 251 g/mol. The predicted octanol–water partition coefficient (Wildman–Crippen LogP) is 2.22. The molecule has 0 radical (unpaired) electrons. The van der Waals surface area contributed by atoms with E-state index in [1.54, 1.807) is 12.2 Å². The first-order valence-electron chi connectivity index (χ1n) is 4.68. The Balaban J connectivity index is 2.94. The molecule has 0 aliphatic rings. The van der Waals surface area contributed by atoms with Crippen LogP contribution in [0.25, 0.3) is 0 Å². The van der Waals surface area contributed by atoms with Gasteiger partial charge in [0.05, 0.1) is 0 Å². The minimum atomic E-state index is -1.66. The van der Waals surface area contributed by atoms with Crippen LogP contribution in [0.3, 0.4) is 0 Å². The fraction of sp³-hybridized carbons (Fsp3) is 0.300. The van der Waals surface area contributed by atoms with Crippen molar-refractivity contribution in [1.82, 2.24) is 0 Å². The fourth-order valence-electron chi connectivity index (χ4n) is 1.05. The van der Waals surface area contributed by atoms with Crippen LogP contribution in [0.4, 0.5) is 23.2 Å². The minimum Gasteiger partial charge on any atom is -0.372 e. The van der Waals surface area contributed by atoms with E-state index in [9.17, 15) is 22.4 Å². The molecule has 1 N–H and O–H groups in total. The van der Waals surface area contributed by atoms with E-state index < -0.39 is 41.5 Å². The summed E-state index contributed by atoms with van der Waals surface area (Å²) in [7, 11) is 0. The summed E-state index contributed by atoms with van der Waals surface area (Å²) in [5, 5.41) is 1.70. The lowest BCUT2D eigenvalue weighted by Gasteiger charge is -2.08. The molecule has 1 aromatic carbocycles. The summed E-state index contributed by atoms with van der Waals surface area (Å²) in [6.45, 7) is 1.36. The van der Waals surface area contributed by atoms with Gasteiger partial charge in [-0.15, -0.1) is 0 Å². The van der Waals surface area contributed by atoms with Crippen molar-refractivity contribution in [2.24, 2.45) is 0 Å². The second-order valence-corrected chi connectivity index (χ2v) is 3.03. The Morgan fingerprint density at radius 1 is 1.24 bits per heavy atom. The number of anilines is 1. The van der Waals surface area contributed by atoms with Crippen molar-refractivity contribution in [2.75, 3.05) is 18.5 Å². The highest BCUT2D eigenvalue weighted by atomic mass is 19.2. The van der Waals surface area contributed by atoms with Gasteiger partial charge in [0.2, 0.25) is 0 Å². The maximum Gasteiger partial charge on any atom is 0.250 e. The van der Waals surface area contributed by atoms with Crippen LogP contribution >= 0.6 is 0 Å². The van der Waals surface area contributed by atoms with E-state index in [-0.39, 0.29) is 12.7 Å². The van der Waals surface area contributed by atoms with Gasteiger partial charge in [-0.1, -0.05) is 0 Å². The van der Waals surface area contributed by atoms with Crippen LogP contribution in [0.1, 0.15) is 6.92 Å². The molecule has 0 aromatic heterocycles. The first kappa shape index (κ1) is 13.4. The highest BCUT2D eigenvalue weighted by Gasteiger charge is 2.20. The molecule has 7 heteroatoms. The summed E-state index contributed by atoms with van der Waals surface area (Å²) in [5.74, 6) is -7.40. The van der Waals surface area contributed by atoms with E-state index >= 15 is 0 Å². The number of nitrogens with one attached hydrogen (secondary N) is 1. The van der Waals surface area contributed by atoms with Gasteiger partial charge in [-0.3, -0.25) is 4.79 Å². The topological polar surface area (TPSA) is 38.3 Å². The van der Waals surface area contributed by atoms with Crippen LogP contribution in [0.5, 0.6) is 0 Å². The quantitative estimate of drug-likeness (QED) is 0.658. The number of carbonyl (C=O) groups excluding carboxylic acids is 1. The molecule has 0 saturated heterocycles. The average Bonchev–Trinajstić information content (AvgIpc) is 2.29. The standard InChI is InChI=1S/C10H9F4NO2/c1-2-17-4-7(16)15-10-8(13)5(11)3-6(12)9(10)14/h3H,2,4H2,1H3,(H,15,16). The largest absolute Gasteiger partial charge is 0.372 e. The number of benzene rings is 1. The summed E-state index contributed by atoms with van der Waals surface area (Å²) in [5.41, 5.74) is -1.16. The van der Waals surface area contributed by atoms with Gasteiger partial charge in [0.25, 0.3) is 5.91 Å². The Hall–Kier alpha value is -1.63. The zero-order valence-electron chi connectivity index (χ0n) is 8.82. The van der Waals surface area contributed by atoms with Gasteiger partial charge in [0, 0.05) is 12.7 Å². The SMILES string of the molecule is CCOCC(=O)Nc1c(F)c(F)cc(F)c1F. The molecule has 17 heavy (non-hydrogen) atoms. The number of halogens is 4. The van der Waals surface area contributed by atoms with Crippen molar-refractivity contribution >= 4 is 11.6 Å². The van der Waals surface area contributed by atoms with E-state index in [4.69, 9.17) is 0 Å². The number of hydrogen-bond donors (Lipinski definition) is 1. The zero-order chi connectivity index (χ0) is 13.0. The van der Waals surface area contributed by atoms with Gasteiger partial charge in [0.1, 0.15) is 12.3 Å². The highest BCUT2D eigenvalue weighted by molar-refractivity contribution is 5.91. The molecule has 0 saturated carbocycles. The van der Waals surface area contributed by atoms with E-state index in [1.807, 2.05) is 0 Å². The molecule has 0 atom stereocenters. The lowest BCUT2D eigenvalue weighted by Crippen LogP contribution is -2.20. The lowest BCUT2D eigenvalue weighted by atomic mass is 10.2. The molecule has 0 bridgehead atoms. The molecule has 0 unspecified atom stereocenters. The Morgan fingerprint density at radius 2 is 1.76 bits per heavy atom. The summed E-state index contributed by atoms with van der Waals surface area (Å²) in [6, 6.07) is 0.0584. The number of hydrogen-bond acceptors (Lipinski definition) is 2. The Labute approximate surface area is 94.4 Å². The fourth-order valence-corrected chi connectivity index (χ4v) is 1.05. The van der Waals surface area contributed by atoms with Gasteiger partial charge >= 0.3 is 0 Å². The van der Waals surface area contributed by atoms with Gasteiger partial charge in [-0.25, -0.2) is 17.6 Å². The lowest BCUT2D eigenvalue weighted by molar-refractivity contribution is -0.120. The van der Waals surface area contributed by atoms with Crippen molar-refractivity contribution in [3.8, 4) is 0 Å². The first-order chi connectivity index (χ1) is 7.97. The number of amides is 1. The van der Waals surface area contributed by atoms with Crippen LogP contribution in [0.2, 0.25) is 0 Å². The smallest absolute Gasteiger partial charge is 0.250 e. The third kappa shape index (κ3) is 3.16. The minimum absolute atomic E-state index is 0.0584. The van der Waals surface area contributed by atoms with Gasteiger partial charge in [-0.05, 0) is 6.92 Å². The molecular formula is C10H9F4NO2. The van der Waals surface area contributed by atoms with Crippen molar-refractivity contribution in [3.05, 3.63) is 29.3 Å². The number of carbonyl (C=O) groups is 1. The first-order valence-corrected chi connectivity index (χ1v) is 4.68. The van der Waals surface area contributed by atoms with Crippen molar-refractivity contribution in [1.29, 1.82) is 0 Å². The normalized spacial score (nSPS) is 10.4. The zero-order valence-corrected chi connectivity index (χ0v) is 8.82. The molecule has 0 aliphatic heterocycles. The Bertz CT molecular complexity index is 411. The van der Waals surface area contributed by atoms with Gasteiger partial charge in [-0.2, -0.15) is 0 Å². The van der Waals surface area contributed by atoms with Crippen LogP contribution < -0.4 is 5.32 Å². The molecule has 1 rings (SSSR count). The van der Waals surface area contributed by atoms with E-state index in [0.29, 0.717) is 0 Å².